The summed E-state index contributed by atoms with van der Waals surface area (Å²) in [5.41, 5.74) is 1.04. The summed E-state index contributed by atoms with van der Waals surface area (Å²) in [6.45, 7) is 1.78. The average molecular weight is 362 g/mol. The van der Waals surface area contributed by atoms with Crippen molar-refractivity contribution in [2.75, 3.05) is 0 Å². The Hall–Kier alpha value is -2.71. The zero-order chi connectivity index (χ0) is 18.4. The predicted octanol–water partition coefficient (Wildman–Crippen LogP) is 1.20. The van der Waals surface area contributed by atoms with E-state index >= 15 is 0 Å². The van der Waals surface area contributed by atoms with E-state index in [1.54, 1.807) is 0 Å². The molecule has 0 heterocycles. The van der Waals surface area contributed by atoms with E-state index in [2.05, 4.69) is 5.32 Å². The molecule has 0 radical (unpaired) electrons. The van der Waals surface area contributed by atoms with Gasteiger partial charge in [0.2, 0.25) is 10.0 Å². The molecule has 0 spiro atoms. The van der Waals surface area contributed by atoms with Crippen LogP contribution in [0.2, 0.25) is 0 Å². The van der Waals surface area contributed by atoms with Gasteiger partial charge in [-0.3, -0.25) is 4.79 Å². The topological polar surface area (TPSA) is 116 Å². The van der Waals surface area contributed by atoms with Gasteiger partial charge in [0, 0.05) is 6.54 Å². The zero-order valence-corrected chi connectivity index (χ0v) is 14.3. The maximum atomic E-state index is 12.0. The smallest absolute Gasteiger partial charge is 0.338 e. The lowest BCUT2D eigenvalue weighted by molar-refractivity contribution is -0.129. The van der Waals surface area contributed by atoms with Crippen LogP contribution in [0, 0.1) is 0 Å². The molecule has 0 saturated carbocycles. The van der Waals surface area contributed by atoms with Gasteiger partial charge in [0.05, 0.1) is 10.5 Å². The zero-order valence-electron chi connectivity index (χ0n) is 13.5. The van der Waals surface area contributed by atoms with Crippen LogP contribution in [0.1, 0.15) is 22.8 Å². The first-order chi connectivity index (χ1) is 11.8. The molecule has 0 aromatic heterocycles. The van der Waals surface area contributed by atoms with E-state index in [0.717, 1.165) is 5.56 Å². The van der Waals surface area contributed by atoms with Crippen LogP contribution in [0.5, 0.6) is 0 Å². The van der Waals surface area contributed by atoms with Crippen LogP contribution in [0.15, 0.2) is 59.5 Å². The summed E-state index contributed by atoms with van der Waals surface area (Å²) >= 11 is 0. The van der Waals surface area contributed by atoms with Crippen molar-refractivity contribution < 1.29 is 22.7 Å². The standard InChI is InChI=1S/C17H18N2O5S/c1-12(16(20)19-11-13-5-3-2-4-6-13)24-17(21)14-7-9-15(10-8-14)25(18,22)23/h2-10,12H,11H2,1H3,(H,19,20)(H2,18,22,23)/t12-/m1/s1. The molecule has 1 atom stereocenters. The SMILES string of the molecule is C[C@@H](OC(=O)c1ccc(S(N)(=O)=O)cc1)C(=O)NCc1ccccc1. The maximum Gasteiger partial charge on any atom is 0.338 e. The summed E-state index contributed by atoms with van der Waals surface area (Å²) < 4.78 is 27.4. The summed E-state index contributed by atoms with van der Waals surface area (Å²) in [5, 5.41) is 7.66. The molecule has 25 heavy (non-hydrogen) atoms. The summed E-state index contributed by atoms with van der Waals surface area (Å²) in [4.78, 5) is 23.9. The molecule has 0 aliphatic heterocycles. The summed E-state index contributed by atoms with van der Waals surface area (Å²) in [6, 6.07) is 14.3. The molecule has 2 rings (SSSR count). The van der Waals surface area contributed by atoms with Crippen molar-refractivity contribution in [3.63, 3.8) is 0 Å². The fourth-order valence-corrected chi connectivity index (χ4v) is 2.51. The molecular formula is C17H18N2O5S. The van der Waals surface area contributed by atoms with Gasteiger partial charge in [-0.05, 0) is 36.8 Å². The molecule has 3 N–H and O–H groups in total. The normalized spacial score (nSPS) is 12.2. The van der Waals surface area contributed by atoms with Gasteiger partial charge in [-0.25, -0.2) is 18.4 Å². The number of sulfonamides is 1. The van der Waals surface area contributed by atoms with Gasteiger partial charge in [-0.15, -0.1) is 0 Å². The van der Waals surface area contributed by atoms with Crippen LogP contribution < -0.4 is 10.5 Å². The number of carbonyl (C=O) groups is 2. The minimum atomic E-state index is -3.83. The van der Waals surface area contributed by atoms with Crippen molar-refractivity contribution in [1.82, 2.24) is 5.32 Å². The number of hydrogen-bond acceptors (Lipinski definition) is 5. The van der Waals surface area contributed by atoms with Crippen LogP contribution in [0.3, 0.4) is 0 Å². The van der Waals surface area contributed by atoms with Crippen molar-refractivity contribution in [2.24, 2.45) is 5.14 Å². The molecule has 0 bridgehead atoms. The Morgan fingerprint density at radius 3 is 2.24 bits per heavy atom. The van der Waals surface area contributed by atoms with E-state index in [1.807, 2.05) is 30.3 Å². The van der Waals surface area contributed by atoms with Gasteiger partial charge in [0.25, 0.3) is 5.91 Å². The summed E-state index contributed by atoms with van der Waals surface area (Å²) in [6.07, 6.45) is -0.992. The number of amides is 1. The number of esters is 1. The highest BCUT2D eigenvalue weighted by Gasteiger charge is 2.19. The largest absolute Gasteiger partial charge is 0.449 e. The average Bonchev–Trinajstić information content (AvgIpc) is 2.59. The van der Waals surface area contributed by atoms with Crippen molar-refractivity contribution in [3.8, 4) is 0 Å². The van der Waals surface area contributed by atoms with E-state index < -0.39 is 28.0 Å². The van der Waals surface area contributed by atoms with E-state index in [1.165, 1.54) is 31.2 Å². The summed E-state index contributed by atoms with van der Waals surface area (Å²) in [5.74, 6) is -1.17. The Balaban J connectivity index is 1.91. The van der Waals surface area contributed by atoms with E-state index in [4.69, 9.17) is 9.88 Å². The van der Waals surface area contributed by atoms with Crippen LogP contribution in [-0.4, -0.2) is 26.4 Å². The van der Waals surface area contributed by atoms with Gasteiger partial charge >= 0.3 is 5.97 Å². The number of ether oxygens (including phenoxy) is 1. The first-order valence-corrected chi connectivity index (χ1v) is 8.97. The molecule has 0 saturated heterocycles. The minimum Gasteiger partial charge on any atom is -0.449 e. The molecule has 0 unspecified atom stereocenters. The Morgan fingerprint density at radius 2 is 1.68 bits per heavy atom. The predicted molar refractivity (Wildman–Crippen MR) is 91.0 cm³/mol. The van der Waals surface area contributed by atoms with Gasteiger partial charge in [0.1, 0.15) is 0 Å². The second-order valence-corrected chi connectivity index (χ2v) is 6.88. The first kappa shape index (κ1) is 18.6. The Kier molecular flexibility index (Phi) is 5.89. The second-order valence-electron chi connectivity index (χ2n) is 5.32. The molecule has 1 amide bonds. The molecule has 0 aliphatic rings. The van der Waals surface area contributed by atoms with Crippen molar-refractivity contribution >= 4 is 21.9 Å². The fourth-order valence-electron chi connectivity index (χ4n) is 1.99. The third-order valence-corrected chi connectivity index (χ3v) is 4.31. The number of nitrogens with one attached hydrogen (secondary N) is 1. The molecule has 2 aromatic rings. The minimum absolute atomic E-state index is 0.113. The Labute approximate surface area is 145 Å². The Bertz CT molecular complexity index is 848. The van der Waals surface area contributed by atoms with Gasteiger partial charge < -0.3 is 10.1 Å². The molecule has 132 valence electrons. The lowest BCUT2D eigenvalue weighted by Crippen LogP contribution is -2.35. The number of benzene rings is 2. The number of primary sulfonamides is 1. The molecule has 2 aromatic carbocycles. The van der Waals surface area contributed by atoms with E-state index in [0.29, 0.717) is 6.54 Å². The number of hydrogen-bond donors (Lipinski definition) is 2. The van der Waals surface area contributed by atoms with Crippen LogP contribution >= 0.6 is 0 Å². The highest BCUT2D eigenvalue weighted by atomic mass is 32.2. The highest BCUT2D eigenvalue weighted by molar-refractivity contribution is 7.89. The van der Waals surface area contributed by atoms with E-state index in [-0.39, 0.29) is 10.5 Å². The molecule has 8 heteroatoms. The van der Waals surface area contributed by atoms with Gasteiger partial charge in [-0.2, -0.15) is 0 Å². The van der Waals surface area contributed by atoms with Crippen molar-refractivity contribution in [1.29, 1.82) is 0 Å². The lowest BCUT2D eigenvalue weighted by atomic mass is 10.2. The van der Waals surface area contributed by atoms with Gasteiger partial charge in [0.15, 0.2) is 6.10 Å². The number of rotatable bonds is 6. The van der Waals surface area contributed by atoms with Crippen molar-refractivity contribution in [3.05, 3.63) is 65.7 Å². The first-order valence-electron chi connectivity index (χ1n) is 7.43. The lowest BCUT2D eigenvalue weighted by Gasteiger charge is -2.13. The summed E-state index contributed by atoms with van der Waals surface area (Å²) in [7, 11) is -3.83. The fraction of sp³-hybridized carbons (Fsp3) is 0.176. The van der Waals surface area contributed by atoms with E-state index in [9.17, 15) is 18.0 Å². The quantitative estimate of drug-likeness (QED) is 0.749. The third-order valence-electron chi connectivity index (χ3n) is 3.38. The Morgan fingerprint density at radius 1 is 1.08 bits per heavy atom. The third kappa shape index (κ3) is 5.40. The van der Waals surface area contributed by atoms with Crippen LogP contribution in [0.25, 0.3) is 0 Å². The molecule has 7 nitrogen and oxygen atoms in total. The highest BCUT2D eigenvalue weighted by Crippen LogP contribution is 2.11. The van der Waals surface area contributed by atoms with Crippen LogP contribution in [0.4, 0.5) is 0 Å². The van der Waals surface area contributed by atoms with Gasteiger partial charge in [-0.1, -0.05) is 30.3 Å². The number of carbonyl (C=O) groups excluding carboxylic acids is 2. The van der Waals surface area contributed by atoms with Crippen LogP contribution in [-0.2, 0) is 26.1 Å². The monoisotopic (exact) mass is 362 g/mol. The molecular weight excluding hydrogens is 344 g/mol. The number of nitrogens with two attached hydrogens (primary N) is 1. The molecule has 0 fully saturated rings. The molecule has 0 aliphatic carbocycles. The second kappa shape index (κ2) is 7.91. The van der Waals surface area contributed by atoms with Crippen molar-refractivity contribution in [2.45, 2.75) is 24.5 Å². The maximum absolute atomic E-state index is 12.0.